The summed E-state index contributed by atoms with van der Waals surface area (Å²) in [4.78, 5) is 4.28. The quantitative estimate of drug-likeness (QED) is 0.858. The summed E-state index contributed by atoms with van der Waals surface area (Å²) < 4.78 is 5.57. The zero-order valence-electron chi connectivity index (χ0n) is 9.47. The van der Waals surface area contributed by atoms with Crippen molar-refractivity contribution in [1.82, 2.24) is 4.98 Å². The van der Waals surface area contributed by atoms with Crippen LogP contribution in [0.4, 0.5) is 0 Å². The number of hydrogen-bond donors (Lipinski definition) is 1. The second-order valence-corrected chi connectivity index (χ2v) is 4.43. The Hall–Kier alpha value is -1.61. The number of ether oxygens (including phenoxy) is 1. The van der Waals surface area contributed by atoms with Gasteiger partial charge in [0.2, 0.25) is 0 Å². The molecule has 0 saturated carbocycles. The van der Waals surface area contributed by atoms with Gasteiger partial charge in [-0.25, -0.2) is 0 Å². The number of fused-ring (bicyclic) bond motifs is 1. The molecule has 0 saturated heterocycles. The Labute approximate surface area is 94.7 Å². The molecule has 84 valence electrons. The largest absolute Gasteiger partial charge is 0.488 e. The zero-order valence-corrected chi connectivity index (χ0v) is 9.47. The number of para-hydroxylation sites is 1. The smallest absolute Gasteiger partial charge is 0.145 e. The van der Waals surface area contributed by atoms with Crippen molar-refractivity contribution in [3.8, 4) is 5.75 Å². The minimum atomic E-state index is -0.836. The van der Waals surface area contributed by atoms with Gasteiger partial charge in [0.05, 0.1) is 5.60 Å². The molecule has 3 nitrogen and oxygen atoms in total. The van der Waals surface area contributed by atoms with E-state index in [2.05, 4.69) is 4.98 Å². The van der Waals surface area contributed by atoms with E-state index in [1.807, 2.05) is 30.3 Å². The van der Waals surface area contributed by atoms with Gasteiger partial charge in [0.15, 0.2) is 0 Å². The lowest BCUT2D eigenvalue weighted by Gasteiger charge is -2.18. The highest BCUT2D eigenvalue weighted by Gasteiger charge is 2.14. The van der Waals surface area contributed by atoms with Gasteiger partial charge in [-0.3, -0.25) is 4.98 Å². The fourth-order valence-corrected chi connectivity index (χ4v) is 1.45. The lowest BCUT2D eigenvalue weighted by atomic mass is 10.1. The molecule has 1 heterocycles. The summed E-state index contributed by atoms with van der Waals surface area (Å²) in [7, 11) is 0. The lowest BCUT2D eigenvalue weighted by molar-refractivity contribution is 0.0290. The van der Waals surface area contributed by atoms with Crippen molar-refractivity contribution in [2.45, 2.75) is 19.4 Å². The molecule has 0 fully saturated rings. The number of aliphatic hydroxyl groups is 1. The molecular weight excluding hydrogens is 202 g/mol. The van der Waals surface area contributed by atoms with Gasteiger partial charge in [-0.05, 0) is 26.0 Å². The second-order valence-electron chi connectivity index (χ2n) is 4.43. The maximum Gasteiger partial charge on any atom is 0.145 e. The van der Waals surface area contributed by atoms with E-state index in [-0.39, 0.29) is 6.61 Å². The molecule has 16 heavy (non-hydrogen) atoms. The van der Waals surface area contributed by atoms with E-state index < -0.39 is 5.60 Å². The van der Waals surface area contributed by atoms with Gasteiger partial charge < -0.3 is 9.84 Å². The summed E-state index contributed by atoms with van der Waals surface area (Å²) in [5.41, 5.74) is -0.00835. The maximum absolute atomic E-state index is 9.61. The van der Waals surface area contributed by atoms with E-state index in [4.69, 9.17) is 4.74 Å². The summed E-state index contributed by atoms with van der Waals surface area (Å²) in [5.74, 6) is 0.709. The van der Waals surface area contributed by atoms with Crippen LogP contribution in [-0.2, 0) is 0 Å². The van der Waals surface area contributed by atoms with E-state index >= 15 is 0 Å². The van der Waals surface area contributed by atoms with Gasteiger partial charge >= 0.3 is 0 Å². The monoisotopic (exact) mass is 217 g/mol. The summed E-state index contributed by atoms with van der Waals surface area (Å²) in [6, 6.07) is 9.64. The van der Waals surface area contributed by atoms with Crippen LogP contribution in [0, 0.1) is 0 Å². The molecule has 0 bridgehead atoms. The fraction of sp³-hybridized carbons (Fsp3) is 0.308. The highest BCUT2D eigenvalue weighted by atomic mass is 16.5. The molecule has 1 N–H and O–H groups in total. The third-order valence-corrected chi connectivity index (χ3v) is 2.18. The molecule has 0 aliphatic carbocycles. The Bertz CT molecular complexity index is 483. The Balaban J connectivity index is 2.30. The molecule has 0 aliphatic rings. The maximum atomic E-state index is 9.61. The Morgan fingerprint density at radius 1 is 1.25 bits per heavy atom. The number of nitrogens with zero attached hydrogens (tertiary/aromatic N) is 1. The average Bonchev–Trinajstić information content (AvgIpc) is 2.25. The van der Waals surface area contributed by atoms with Crippen LogP contribution in [0.3, 0.4) is 0 Å². The van der Waals surface area contributed by atoms with Crippen molar-refractivity contribution in [3.05, 3.63) is 36.5 Å². The van der Waals surface area contributed by atoms with Crippen LogP contribution in [0.15, 0.2) is 36.5 Å². The van der Waals surface area contributed by atoms with Crippen LogP contribution in [0.25, 0.3) is 10.9 Å². The average molecular weight is 217 g/mol. The predicted octanol–water partition coefficient (Wildman–Crippen LogP) is 2.38. The van der Waals surface area contributed by atoms with E-state index in [9.17, 15) is 5.11 Å². The Morgan fingerprint density at radius 2 is 2.00 bits per heavy atom. The minimum absolute atomic E-state index is 0.253. The van der Waals surface area contributed by atoms with Gasteiger partial charge in [-0.1, -0.05) is 18.2 Å². The van der Waals surface area contributed by atoms with E-state index in [0.29, 0.717) is 5.75 Å². The number of benzene rings is 1. The predicted molar refractivity (Wildman–Crippen MR) is 63.5 cm³/mol. The summed E-state index contributed by atoms with van der Waals surface area (Å²) in [6.45, 7) is 3.68. The van der Waals surface area contributed by atoms with E-state index in [1.165, 1.54) is 0 Å². The second kappa shape index (κ2) is 4.10. The molecule has 2 aromatic rings. The van der Waals surface area contributed by atoms with Crippen LogP contribution < -0.4 is 4.74 Å². The molecular formula is C13H15NO2. The van der Waals surface area contributed by atoms with Crippen LogP contribution in [-0.4, -0.2) is 22.3 Å². The third kappa shape index (κ3) is 2.49. The molecule has 0 atom stereocenters. The molecule has 0 amide bonds. The summed E-state index contributed by atoms with van der Waals surface area (Å²) in [5, 5.41) is 10.6. The molecule has 3 heteroatoms. The third-order valence-electron chi connectivity index (χ3n) is 2.18. The van der Waals surface area contributed by atoms with Gasteiger partial charge in [0.1, 0.15) is 17.9 Å². The van der Waals surface area contributed by atoms with Crippen molar-refractivity contribution in [2.24, 2.45) is 0 Å². The molecule has 0 radical (unpaired) electrons. The first-order chi connectivity index (χ1) is 7.56. The molecule has 0 aliphatic heterocycles. The normalized spacial score (nSPS) is 11.7. The Kier molecular flexibility index (Phi) is 2.79. The number of pyridine rings is 1. The van der Waals surface area contributed by atoms with Crippen LogP contribution >= 0.6 is 0 Å². The molecule has 0 spiro atoms. The molecule has 1 aromatic heterocycles. The van der Waals surface area contributed by atoms with Crippen molar-refractivity contribution in [1.29, 1.82) is 0 Å². The van der Waals surface area contributed by atoms with Crippen molar-refractivity contribution < 1.29 is 9.84 Å². The van der Waals surface area contributed by atoms with Gasteiger partial charge in [0.25, 0.3) is 0 Å². The zero-order chi connectivity index (χ0) is 11.6. The van der Waals surface area contributed by atoms with Crippen LogP contribution in [0.1, 0.15) is 13.8 Å². The highest BCUT2D eigenvalue weighted by molar-refractivity contribution is 5.84. The van der Waals surface area contributed by atoms with Crippen molar-refractivity contribution in [3.63, 3.8) is 0 Å². The SMILES string of the molecule is CC(C)(O)COc1cccc2cccnc12. The van der Waals surface area contributed by atoms with Crippen molar-refractivity contribution in [2.75, 3.05) is 6.61 Å². The first kappa shape index (κ1) is 10.9. The first-order valence-electron chi connectivity index (χ1n) is 5.25. The topological polar surface area (TPSA) is 42.4 Å². The fourth-order valence-electron chi connectivity index (χ4n) is 1.45. The van der Waals surface area contributed by atoms with Crippen LogP contribution in [0.2, 0.25) is 0 Å². The van der Waals surface area contributed by atoms with Gasteiger partial charge in [0, 0.05) is 11.6 Å². The number of rotatable bonds is 3. The molecule has 2 rings (SSSR count). The van der Waals surface area contributed by atoms with E-state index in [0.717, 1.165) is 10.9 Å². The molecule has 1 aromatic carbocycles. The Morgan fingerprint density at radius 3 is 2.75 bits per heavy atom. The number of aromatic nitrogens is 1. The van der Waals surface area contributed by atoms with E-state index in [1.54, 1.807) is 20.0 Å². The minimum Gasteiger partial charge on any atom is -0.488 e. The van der Waals surface area contributed by atoms with Crippen molar-refractivity contribution >= 4 is 10.9 Å². The summed E-state index contributed by atoms with van der Waals surface area (Å²) >= 11 is 0. The van der Waals surface area contributed by atoms with Gasteiger partial charge in [-0.15, -0.1) is 0 Å². The number of hydrogen-bond acceptors (Lipinski definition) is 3. The first-order valence-corrected chi connectivity index (χ1v) is 5.25. The standard InChI is InChI=1S/C13H15NO2/c1-13(2,15)9-16-11-7-3-5-10-6-4-8-14-12(10)11/h3-8,15H,9H2,1-2H3. The van der Waals surface area contributed by atoms with Gasteiger partial charge in [-0.2, -0.15) is 0 Å². The molecule has 0 unspecified atom stereocenters. The highest BCUT2D eigenvalue weighted by Crippen LogP contribution is 2.23. The lowest BCUT2D eigenvalue weighted by Crippen LogP contribution is -2.27. The van der Waals surface area contributed by atoms with Crippen LogP contribution in [0.5, 0.6) is 5.75 Å². The summed E-state index contributed by atoms with van der Waals surface area (Å²) in [6.07, 6.45) is 1.74.